The van der Waals surface area contributed by atoms with E-state index in [1.54, 1.807) is 0 Å². The number of unbranched alkanes of at least 4 members (excludes halogenated alkanes) is 1. The molecule has 1 saturated heterocycles. The molecule has 0 aliphatic carbocycles. The number of amides is 1. The lowest BCUT2D eigenvalue weighted by Crippen LogP contribution is -2.41. The van der Waals surface area contributed by atoms with Gasteiger partial charge in [-0.15, -0.1) is 0 Å². The van der Waals surface area contributed by atoms with Crippen molar-refractivity contribution in [1.29, 1.82) is 0 Å². The second-order valence-corrected chi connectivity index (χ2v) is 4.54. The molecular formula is C12H24N2O. The van der Waals surface area contributed by atoms with E-state index in [4.69, 9.17) is 0 Å². The molecule has 0 radical (unpaired) electrons. The van der Waals surface area contributed by atoms with E-state index in [9.17, 15) is 4.79 Å². The van der Waals surface area contributed by atoms with Crippen molar-refractivity contribution in [3.8, 4) is 0 Å². The van der Waals surface area contributed by atoms with Gasteiger partial charge in [-0.05, 0) is 26.7 Å². The highest BCUT2D eigenvalue weighted by Crippen LogP contribution is 2.19. The molecule has 1 rings (SSSR count). The molecule has 3 nitrogen and oxygen atoms in total. The molecule has 0 aromatic carbocycles. The van der Waals surface area contributed by atoms with Gasteiger partial charge in [0.1, 0.15) is 0 Å². The Morgan fingerprint density at radius 1 is 1.47 bits per heavy atom. The summed E-state index contributed by atoms with van der Waals surface area (Å²) < 4.78 is 0. The normalized spacial score (nSPS) is 28.5. The fourth-order valence-electron chi connectivity index (χ4n) is 2.34. The summed E-state index contributed by atoms with van der Waals surface area (Å²) in [5.41, 5.74) is 0. The molecule has 1 amide bonds. The fraction of sp³-hybridized carbons (Fsp3) is 0.917. The largest absolute Gasteiger partial charge is 0.323 e. The van der Waals surface area contributed by atoms with Crippen LogP contribution in [0.25, 0.3) is 0 Å². The monoisotopic (exact) mass is 212 g/mol. The Bertz CT molecular complexity index is 218. The lowest BCUT2D eigenvalue weighted by atomic mass is 10.1. The number of carbonyl (C=O) groups excluding carboxylic acids is 1. The minimum atomic E-state index is 0.0454. The lowest BCUT2D eigenvalue weighted by Gasteiger charge is -2.28. The van der Waals surface area contributed by atoms with Gasteiger partial charge in [-0.25, -0.2) is 0 Å². The van der Waals surface area contributed by atoms with E-state index in [1.165, 1.54) is 12.8 Å². The smallest absolute Gasteiger partial charge is 0.241 e. The van der Waals surface area contributed by atoms with Crippen LogP contribution in [0.2, 0.25) is 0 Å². The van der Waals surface area contributed by atoms with Gasteiger partial charge >= 0.3 is 0 Å². The molecule has 0 aromatic rings. The highest BCUT2D eigenvalue weighted by atomic mass is 16.2. The van der Waals surface area contributed by atoms with Gasteiger partial charge in [0.25, 0.3) is 0 Å². The van der Waals surface area contributed by atoms with E-state index in [-0.39, 0.29) is 18.1 Å². The second kappa shape index (κ2) is 5.50. The Kier molecular flexibility index (Phi) is 4.58. The first kappa shape index (κ1) is 12.5. The van der Waals surface area contributed by atoms with Crippen LogP contribution < -0.4 is 5.32 Å². The molecule has 1 heterocycles. The molecule has 15 heavy (non-hydrogen) atoms. The molecule has 0 bridgehead atoms. The van der Waals surface area contributed by atoms with E-state index in [2.05, 4.69) is 33.0 Å². The summed E-state index contributed by atoms with van der Waals surface area (Å²) in [6, 6.07) is 0.417. The average Bonchev–Trinajstić information content (AvgIpc) is 2.50. The summed E-state index contributed by atoms with van der Waals surface area (Å²) in [5.74, 6) is 0.286. The van der Waals surface area contributed by atoms with Crippen molar-refractivity contribution in [3.05, 3.63) is 0 Å². The molecular weight excluding hydrogens is 188 g/mol. The van der Waals surface area contributed by atoms with Crippen LogP contribution in [0.15, 0.2) is 0 Å². The molecule has 1 aliphatic rings. The molecule has 1 aliphatic heterocycles. The third kappa shape index (κ3) is 2.71. The van der Waals surface area contributed by atoms with Gasteiger partial charge in [0.15, 0.2) is 0 Å². The summed E-state index contributed by atoms with van der Waals surface area (Å²) in [7, 11) is 0. The van der Waals surface area contributed by atoms with Crippen molar-refractivity contribution in [3.63, 3.8) is 0 Å². The zero-order valence-corrected chi connectivity index (χ0v) is 10.4. The zero-order valence-electron chi connectivity index (χ0n) is 10.4. The van der Waals surface area contributed by atoms with E-state index >= 15 is 0 Å². The molecule has 88 valence electrons. The van der Waals surface area contributed by atoms with Crippen LogP contribution in [0.3, 0.4) is 0 Å². The first-order valence-electron chi connectivity index (χ1n) is 6.20. The number of carbonyl (C=O) groups is 1. The third-order valence-electron chi connectivity index (χ3n) is 3.27. The van der Waals surface area contributed by atoms with Gasteiger partial charge in [0.05, 0.1) is 12.2 Å². The molecule has 1 fully saturated rings. The van der Waals surface area contributed by atoms with Gasteiger partial charge in [-0.1, -0.05) is 26.7 Å². The number of hydrogen-bond donors (Lipinski definition) is 1. The van der Waals surface area contributed by atoms with Crippen molar-refractivity contribution >= 4 is 5.91 Å². The van der Waals surface area contributed by atoms with Crippen LogP contribution in [0.4, 0.5) is 0 Å². The summed E-state index contributed by atoms with van der Waals surface area (Å²) in [4.78, 5) is 14.0. The SMILES string of the molecule is CCCCC(C)N1C(=O)C(CC)NC1C. The van der Waals surface area contributed by atoms with Crippen LogP contribution in [0.1, 0.15) is 53.4 Å². The molecule has 0 spiro atoms. The van der Waals surface area contributed by atoms with Crippen LogP contribution in [-0.2, 0) is 4.79 Å². The maximum Gasteiger partial charge on any atom is 0.241 e. The lowest BCUT2D eigenvalue weighted by molar-refractivity contribution is -0.131. The van der Waals surface area contributed by atoms with Crippen molar-refractivity contribution in [2.75, 3.05) is 0 Å². The number of nitrogens with one attached hydrogen (secondary N) is 1. The van der Waals surface area contributed by atoms with Crippen LogP contribution in [0, 0.1) is 0 Å². The Morgan fingerprint density at radius 2 is 2.13 bits per heavy atom. The first-order valence-corrected chi connectivity index (χ1v) is 6.20. The maximum absolute atomic E-state index is 12.0. The van der Waals surface area contributed by atoms with Crippen molar-refractivity contribution in [2.45, 2.75) is 71.6 Å². The highest BCUT2D eigenvalue weighted by molar-refractivity contribution is 5.84. The van der Waals surface area contributed by atoms with Gasteiger partial charge in [-0.2, -0.15) is 0 Å². The number of rotatable bonds is 5. The van der Waals surface area contributed by atoms with Gasteiger partial charge in [-0.3, -0.25) is 10.1 Å². The minimum absolute atomic E-state index is 0.0454. The quantitative estimate of drug-likeness (QED) is 0.757. The minimum Gasteiger partial charge on any atom is -0.323 e. The van der Waals surface area contributed by atoms with Crippen molar-refractivity contribution in [1.82, 2.24) is 10.2 Å². The molecule has 0 aromatic heterocycles. The summed E-state index contributed by atoms with van der Waals surface area (Å²) in [6.07, 6.45) is 4.61. The predicted octanol–water partition coefficient (Wildman–Crippen LogP) is 2.12. The number of nitrogens with zero attached hydrogens (tertiary/aromatic N) is 1. The predicted molar refractivity (Wildman–Crippen MR) is 62.5 cm³/mol. The molecule has 0 saturated carbocycles. The Labute approximate surface area is 93.2 Å². The van der Waals surface area contributed by atoms with Gasteiger partial charge in [0.2, 0.25) is 5.91 Å². The van der Waals surface area contributed by atoms with Crippen LogP contribution >= 0.6 is 0 Å². The molecule has 3 unspecified atom stereocenters. The van der Waals surface area contributed by atoms with E-state index in [1.807, 2.05) is 4.90 Å². The van der Waals surface area contributed by atoms with E-state index in [0.717, 1.165) is 12.8 Å². The Balaban J connectivity index is 2.56. The van der Waals surface area contributed by atoms with Crippen molar-refractivity contribution < 1.29 is 4.79 Å². The van der Waals surface area contributed by atoms with Crippen LogP contribution in [0.5, 0.6) is 0 Å². The Hall–Kier alpha value is -0.570. The number of hydrogen-bond acceptors (Lipinski definition) is 2. The summed E-state index contributed by atoms with van der Waals surface area (Å²) in [6.45, 7) is 8.48. The highest BCUT2D eigenvalue weighted by Gasteiger charge is 2.37. The first-order chi connectivity index (χ1) is 7.11. The van der Waals surface area contributed by atoms with Crippen LogP contribution in [-0.4, -0.2) is 29.1 Å². The van der Waals surface area contributed by atoms with Gasteiger partial charge < -0.3 is 4.90 Å². The Morgan fingerprint density at radius 3 is 2.60 bits per heavy atom. The molecule has 3 heteroatoms. The van der Waals surface area contributed by atoms with E-state index < -0.39 is 0 Å². The zero-order chi connectivity index (χ0) is 11.4. The summed E-state index contributed by atoms with van der Waals surface area (Å²) in [5, 5.41) is 3.34. The molecule has 3 atom stereocenters. The fourth-order valence-corrected chi connectivity index (χ4v) is 2.34. The van der Waals surface area contributed by atoms with Crippen molar-refractivity contribution in [2.24, 2.45) is 0 Å². The average molecular weight is 212 g/mol. The molecule has 1 N–H and O–H groups in total. The second-order valence-electron chi connectivity index (χ2n) is 4.54. The topological polar surface area (TPSA) is 32.3 Å². The van der Waals surface area contributed by atoms with E-state index in [0.29, 0.717) is 6.04 Å². The van der Waals surface area contributed by atoms with Gasteiger partial charge in [0, 0.05) is 6.04 Å². The third-order valence-corrected chi connectivity index (χ3v) is 3.27. The summed E-state index contributed by atoms with van der Waals surface area (Å²) >= 11 is 0. The standard InChI is InChI=1S/C12H24N2O/c1-5-7-8-9(3)14-10(4)13-11(6-2)12(14)15/h9-11,13H,5-8H2,1-4H3. The maximum atomic E-state index is 12.0.